The Balaban J connectivity index is 1.74. The number of para-hydroxylation sites is 1. The first kappa shape index (κ1) is 20.9. The third-order valence-corrected chi connectivity index (χ3v) is 6.09. The molecule has 0 bridgehead atoms. The minimum Gasteiger partial charge on any atom is -0.497 e. The van der Waals surface area contributed by atoms with Crippen LogP contribution in [-0.4, -0.2) is 41.4 Å². The van der Waals surface area contributed by atoms with E-state index in [1.165, 1.54) is 11.3 Å². The van der Waals surface area contributed by atoms with Gasteiger partial charge in [0.2, 0.25) is 0 Å². The number of carbonyl (C=O) groups is 1. The van der Waals surface area contributed by atoms with Crippen LogP contribution in [0.5, 0.6) is 11.5 Å². The number of nitrogens with zero attached hydrogens (tertiary/aromatic N) is 4. The van der Waals surface area contributed by atoms with Crippen LogP contribution in [0.15, 0.2) is 48.5 Å². The van der Waals surface area contributed by atoms with Crippen LogP contribution in [-0.2, 0) is 6.54 Å². The summed E-state index contributed by atoms with van der Waals surface area (Å²) >= 11 is 1.49. The van der Waals surface area contributed by atoms with E-state index in [2.05, 4.69) is 5.10 Å². The van der Waals surface area contributed by atoms with Gasteiger partial charge in [-0.3, -0.25) is 14.4 Å². The second kappa shape index (κ2) is 8.77. The number of fused-ring (bicyclic) bond motifs is 1. The number of amides is 1. The molecular formula is C23H24N4O3S. The Bertz CT molecular complexity index is 1200. The highest BCUT2D eigenvalue weighted by Gasteiger charge is 2.25. The van der Waals surface area contributed by atoms with Gasteiger partial charge in [-0.2, -0.15) is 5.10 Å². The Hall–Kier alpha value is -3.39. The minimum absolute atomic E-state index is 0.198. The van der Waals surface area contributed by atoms with Crippen molar-refractivity contribution in [3.8, 4) is 11.5 Å². The lowest BCUT2D eigenvalue weighted by Crippen LogP contribution is -2.34. The standard InChI is InChI=1S/C23H24N4O3S/c1-15-13-16(2)27(25-15)12-11-26(23-24-19-7-5-6-8-21(19)31-23)22(28)18-14-17(29-3)9-10-20(18)30-4/h5-10,13-14H,11-12H2,1-4H3. The second-order valence-electron chi connectivity index (χ2n) is 7.14. The van der Waals surface area contributed by atoms with Gasteiger partial charge >= 0.3 is 0 Å². The fourth-order valence-corrected chi connectivity index (χ4v) is 4.47. The Morgan fingerprint density at radius 1 is 1.10 bits per heavy atom. The second-order valence-corrected chi connectivity index (χ2v) is 8.15. The van der Waals surface area contributed by atoms with Crippen LogP contribution < -0.4 is 14.4 Å². The van der Waals surface area contributed by atoms with Crippen molar-refractivity contribution in [2.24, 2.45) is 0 Å². The first-order chi connectivity index (χ1) is 15.0. The van der Waals surface area contributed by atoms with E-state index >= 15 is 0 Å². The molecule has 0 spiro atoms. The Kier molecular flexibility index (Phi) is 5.90. The van der Waals surface area contributed by atoms with Gasteiger partial charge in [-0.1, -0.05) is 23.5 Å². The molecule has 0 aliphatic rings. The Morgan fingerprint density at radius 3 is 2.58 bits per heavy atom. The van der Waals surface area contributed by atoms with Crippen molar-refractivity contribution in [1.29, 1.82) is 0 Å². The molecule has 7 nitrogen and oxygen atoms in total. The molecule has 0 fully saturated rings. The van der Waals surface area contributed by atoms with E-state index in [-0.39, 0.29) is 5.91 Å². The van der Waals surface area contributed by atoms with E-state index in [0.29, 0.717) is 35.3 Å². The number of ether oxygens (including phenoxy) is 2. The highest BCUT2D eigenvalue weighted by molar-refractivity contribution is 7.22. The van der Waals surface area contributed by atoms with Gasteiger partial charge in [-0.05, 0) is 50.2 Å². The van der Waals surface area contributed by atoms with Crippen molar-refractivity contribution < 1.29 is 14.3 Å². The largest absolute Gasteiger partial charge is 0.497 e. The van der Waals surface area contributed by atoms with Gasteiger partial charge in [-0.15, -0.1) is 0 Å². The third kappa shape index (κ3) is 4.25. The van der Waals surface area contributed by atoms with Gasteiger partial charge in [0.25, 0.3) is 5.91 Å². The SMILES string of the molecule is COc1ccc(OC)c(C(=O)N(CCn2nc(C)cc2C)c2nc3ccccc3s2)c1. The molecular weight excluding hydrogens is 412 g/mol. The predicted molar refractivity (Wildman–Crippen MR) is 123 cm³/mol. The zero-order valence-corrected chi connectivity index (χ0v) is 18.8. The van der Waals surface area contributed by atoms with Crippen molar-refractivity contribution >= 4 is 32.6 Å². The molecule has 0 unspecified atom stereocenters. The number of benzene rings is 2. The van der Waals surface area contributed by atoms with Gasteiger partial charge in [0.1, 0.15) is 11.5 Å². The van der Waals surface area contributed by atoms with Crippen molar-refractivity contribution in [1.82, 2.24) is 14.8 Å². The number of hydrogen-bond acceptors (Lipinski definition) is 6. The monoisotopic (exact) mass is 436 g/mol. The molecule has 8 heteroatoms. The van der Waals surface area contributed by atoms with Crippen molar-refractivity contribution in [3.05, 3.63) is 65.5 Å². The molecule has 0 radical (unpaired) electrons. The smallest absolute Gasteiger partial charge is 0.264 e. The molecule has 0 aliphatic heterocycles. The zero-order chi connectivity index (χ0) is 22.0. The topological polar surface area (TPSA) is 69.5 Å². The average molecular weight is 437 g/mol. The summed E-state index contributed by atoms with van der Waals surface area (Å²) in [5.41, 5.74) is 3.29. The average Bonchev–Trinajstić information content (AvgIpc) is 3.35. The van der Waals surface area contributed by atoms with Crippen LogP contribution in [0.2, 0.25) is 0 Å². The zero-order valence-electron chi connectivity index (χ0n) is 18.0. The number of aryl methyl sites for hydroxylation is 2. The molecule has 31 heavy (non-hydrogen) atoms. The van der Waals surface area contributed by atoms with E-state index < -0.39 is 0 Å². The highest BCUT2D eigenvalue weighted by Crippen LogP contribution is 2.32. The number of hydrogen-bond donors (Lipinski definition) is 0. The molecule has 0 N–H and O–H groups in total. The van der Waals surface area contributed by atoms with Gasteiger partial charge < -0.3 is 9.47 Å². The van der Waals surface area contributed by atoms with Gasteiger partial charge in [0.05, 0.1) is 42.2 Å². The van der Waals surface area contributed by atoms with E-state index in [0.717, 1.165) is 21.6 Å². The number of aromatic nitrogens is 3. The molecule has 0 atom stereocenters. The van der Waals surface area contributed by atoms with Crippen LogP contribution in [0.3, 0.4) is 0 Å². The van der Waals surface area contributed by atoms with E-state index in [4.69, 9.17) is 14.5 Å². The number of anilines is 1. The number of carbonyl (C=O) groups excluding carboxylic acids is 1. The molecule has 2 aromatic heterocycles. The lowest BCUT2D eigenvalue weighted by molar-refractivity contribution is 0.0982. The van der Waals surface area contributed by atoms with Gasteiger partial charge in [-0.25, -0.2) is 4.98 Å². The van der Waals surface area contributed by atoms with Crippen LogP contribution in [0, 0.1) is 13.8 Å². The molecule has 2 heterocycles. The van der Waals surface area contributed by atoms with Gasteiger partial charge in [0.15, 0.2) is 5.13 Å². The summed E-state index contributed by atoms with van der Waals surface area (Å²) in [6.45, 7) is 4.94. The summed E-state index contributed by atoms with van der Waals surface area (Å²) in [7, 11) is 3.13. The number of methoxy groups -OCH3 is 2. The normalized spacial score (nSPS) is 11.0. The summed E-state index contributed by atoms with van der Waals surface area (Å²) in [5, 5.41) is 5.17. The van der Waals surface area contributed by atoms with Crippen molar-refractivity contribution in [2.75, 3.05) is 25.7 Å². The quantitative estimate of drug-likeness (QED) is 0.427. The van der Waals surface area contributed by atoms with Crippen molar-refractivity contribution in [2.45, 2.75) is 20.4 Å². The van der Waals surface area contributed by atoms with E-state index in [9.17, 15) is 4.79 Å². The maximum Gasteiger partial charge on any atom is 0.264 e. The molecule has 0 aliphatic carbocycles. The van der Waals surface area contributed by atoms with E-state index in [1.54, 1.807) is 37.3 Å². The highest BCUT2D eigenvalue weighted by atomic mass is 32.1. The fourth-order valence-electron chi connectivity index (χ4n) is 3.48. The minimum atomic E-state index is -0.198. The summed E-state index contributed by atoms with van der Waals surface area (Å²) in [4.78, 5) is 20.1. The molecule has 0 saturated carbocycles. The molecule has 4 rings (SSSR count). The summed E-state index contributed by atoms with van der Waals surface area (Å²) in [6.07, 6.45) is 0. The Labute approximate surface area is 184 Å². The number of thiazole rings is 1. The first-order valence-electron chi connectivity index (χ1n) is 9.90. The van der Waals surface area contributed by atoms with Crippen molar-refractivity contribution in [3.63, 3.8) is 0 Å². The maximum absolute atomic E-state index is 13.7. The molecule has 4 aromatic rings. The van der Waals surface area contributed by atoms with E-state index in [1.807, 2.05) is 48.9 Å². The lowest BCUT2D eigenvalue weighted by Gasteiger charge is -2.21. The lowest BCUT2D eigenvalue weighted by atomic mass is 10.1. The van der Waals surface area contributed by atoms with Gasteiger partial charge in [0, 0.05) is 12.2 Å². The first-order valence-corrected chi connectivity index (χ1v) is 10.7. The Morgan fingerprint density at radius 2 is 1.90 bits per heavy atom. The maximum atomic E-state index is 13.7. The summed E-state index contributed by atoms with van der Waals surface area (Å²) < 4.78 is 13.7. The molecule has 1 amide bonds. The number of rotatable bonds is 7. The molecule has 2 aromatic carbocycles. The van der Waals surface area contributed by atoms with Crippen LogP contribution in [0.4, 0.5) is 5.13 Å². The summed E-state index contributed by atoms with van der Waals surface area (Å²) in [5.74, 6) is 0.881. The fraction of sp³-hybridized carbons (Fsp3) is 0.261. The van der Waals surface area contributed by atoms with Crippen LogP contribution in [0.1, 0.15) is 21.7 Å². The predicted octanol–water partition coefficient (Wildman–Crippen LogP) is 4.47. The van der Waals surface area contributed by atoms with Crippen LogP contribution >= 0.6 is 11.3 Å². The molecule has 0 saturated heterocycles. The third-order valence-electron chi connectivity index (χ3n) is 5.03. The molecule has 160 valence electrons. The van der Waals surface area contributed by atoms with Crippen LogP contribution in [0.25, 0.3) is 10.2 Å². The summed E-state index contributed by atoms with van der Waals surface area (Å²) in [6, 6.07) is 15.1.